The Hall–Kier alpha value is -1.43. The number of piperidine rings is 1. The maximum absolute atomic E-state index is 13.4. The highest BCUT2D eigenvalue weighted by Gasteiger charge is 2.68. The molecule has 2 aliphatic rings. The number of benzene rings is 1. The van der Waals surface area contributed by atoms with Gasteiger partial charge in [0.15, 0.2) is 5.78 Å². The van der Waals surface area contributed by atoms with Crippen LogP contribution in [0.1, 0.15) is 35.2 Å². The van der Waals surface area contributed by atoms with Gasteiger partial charge in [0, 0.05) is 19.8 Å². The number of Topliss-reactive ketones (excluding diaryl/α,β-unsaturated/α-hetero) is 1. The zero-order valence-electron chi connectivity index (χ0n) is 13.6. The van der Waals surface area contributed by atoms with Gasteiger partial charge in [-0.05, 0) is 38.9 Å². The Kier molecular flexibility index (Phi) is 3.75. The lowest BCUT2D eigenvalue weighted by atomic mass is 9.79. The van der Waals surface area contributed by atoms with Crippen molar-refractivity contribution in [1.82, 2.24) is 4.90 Å². The Morgan fingerprint density at radius 3 is 2.45 bits per heavy atom. The average Bonchev–Trinajstić information content (AvgIpc) is 2.77. The van der Waals surface area contributed by atoms with E-state index in [2.05, 4.69) is 4.90 Å². The van der Waals surface area contributed by atoms with Gasteiger partial charge in [-0.25, -0.2) is 0 Å². The van der Waals surface area contributed by atoms with E-state index in [9.17, 15) is 4.79 Å². The number of likely N-dealkylation sites (tertiary alicyclic amines) is 1. The molecule has 0 amide bonds. The van der Waals surface area contributed by atoms with Crippen LogP contribution in [0, 0.1) is 0 Å². The number of fused-ring (bicyclic) bond motifs is 1. The highest BCUT2D eigenvalue weighted by atomic mass is 16.7. The molecule has 1 saturated heterocycles. The number of ketones is 1. The van der Waals surface area contributed by atoms with Gasteiger partial charge in [-0.2, -0.15) is 0 Å². The molecule has 22 heavy (non-hydrogen) atoms. The van der Waals surface area contributed by atoms with E-state index < -0.39 is 11.3 Å². The lowest BCUT2D eigenvalue weighted by Crippen LogP contribution is -2.65. The minimum Gasteiger partial charge on any atom is -0.496 e. The summed E-state index contributed by atoms with van der Waals surface area (Å²) in [7, 11) is 6.77. The summed E-state index contributed by atoms with van der Waals surface area (Å²) in [5, 5.41) is 0. The van der Waals surface area contributed by atoms with Crippen LogP contribution < -0.4 is 4.74 Å². The van der Waals surface area contributed by atoms with Crippen molar-refractivity contribution < 1.29 is 19.0 Å². The average molecular weight is 305 g/mol. The molecule has 1 heterocycles. The van der Waals surface area contributed by atoms with Gasteiger partial charge >= 0.3 is 0 Å². The van der Waals surface area contributed by atoms with Gasteiger partial charge < -0.3 is 14.2 Å². The van der Waals surface area contributed by atoms with Crippen molar-refractivity contribution in [3.05, 3.63) is 29.3 Å². The molecule has 0 aromatic heterocycles. The largest absolute Gasteiger partial charge is 0.496 e. The van der Waals surface area contributed by atoms with E-state index in [1.54, 1.807) is 21.3 Å². The first kappa shape index (κ1) is 15.5. The summed E-state index contributed by atoms with van der Waals surface area (Å²) in [5.41, 5.74) is 0.518. The van der Waals surface area contributed by atoms with Gasteiger partial charge in [-0.3, -0.25) is 9.69 Å². The molecule has 0 saturated carbocycles. The van der Waals surface area contributed by atoms with Crippen LogP contribution in [0.3, 0.4) is 0 Å². The summed E-state index contributed by atoms with van der Waals surface area (Å²) < 4.78 is 17.2. The van der Waals surface area contributed by atoms with Crippen molar-refractivity contribution in [3.8, 4) is 5.75 Å². The van der Waals surface area contributed by atoms with Crippen LogP contribution in [0.2, 0.25) is 0 Å². The van der Waals surface area contributed by atoms with Crippen molar-refractivity contribution >= 4 is 5.78 Å². The van der Waals surface area contributed by atoms with E-state index in [1.807, 2.05) is 25.2 Å². The molecule has 1 fully saturated rings. The highest BCUT2D eigenvalue weighted by Crippen LogP contribution is 2.55. The van der Waals surface area contributed by atoms with E-state index in [-0.39, 0.29) is 5.78 Å². The van der Waals surface area contributed by atoms with Crippen LogP contribution >= 0.6 is 0 Å². The van der Waals surface area contributed by atoms with Crippen LogP contribution in [0.5, 0.6) is 5.75 Å². The third kappa shape index (κ3) is 1.62. The van der Waals surface area contributed by atoms with E-state index in [4.69, 9.17) is 14.2 Å². The quantitative estimate of drug-likeness (QED) is 0.801. The number of hydrogen-bond acceptors (Lipinski definition) is 5. The summed E-state index contributed by atoms with van der Waals surface area (Å²) in [4.78, 5) is 15.5. The fraction of sp³-hybridized carbons (Fsp3) is 0.588. The molecule has 3 rings (SSSR count). The predicted molar refractivity (Wildman–Crippen MR) is 82.2 cm³/mol. The molecule has 5 heteroatoms. The van der Waals surface area contributed by atoms with Gasteiger partial charge in [-0.1, -0.05) is 12.1 Å². The van der Waals surface area contributed by atoms with Crippen molar-refractivity contribution in [2.24, 2.45) is 0 Å². The molecule has 1 aromatic carbocycles. The molecule has 0 N–H and O–H groups in total. The summed E-state index contributed by atoms with van der Waals surface area (Å²) in [6.07, 6.45) is 2.76. The maximum Gasteiger partial charge on any atom is 0.222 e. The van der Waals surface area contributed by atoms with E-state index in [1.165, 1.54) is 0 Å². The maximum atomic E-state index is 13.4. The molecule has 5 nitrogen and oxygen atoms in total. The monoisotopic (exact) mass is 305 g/mol. The number of hydrogen-bond donors (Lipinski definition) is 0. The predicted octanol–water partition coefficient (Wildman–Crippen LogP) is 2.19. The van der Waals surface area contributed by atoms with Gasteiger partial charge in [0.1, 0.15) is 11.3 Å². The number of carbonyl (C=O) groups is 1. The fourth-order valence-corrected chi connectivity index (χ4v) is 4.24. The highest BCUT2D eigenvalue weighted by molar-refractivity contribution is 6.11. The number of ether oxygens (including phenoxy) is 3. The molecule has 1 aliphatic carbocycles. The zero-order valence-corrected chi connectivity index (χ0v) is 13.6. The molecule has 1 unspecified atom stereocenters. The van der Waals surface area contributed by atoms with Crippen molar-refractivity contribution in [2.45, 2.75) is 30.6 Å². The molecule has 0 bridgehead atoms. The minimum atomic E-state index is -1.09. The van der Waals surface area contributed by atoms with Gasteiger partial charge in [0.05, 0.1) is 12.7 Å². The molecule has 120 valence electrons. The fourth-order valence-electron chi connectivity index (χ4n) is 4.24. The van der Waals surface area contributed by atoms with Gasteiger partial charge in [0.2, 0.25) is 5.79 Å². The molecule has 1 atom stereocenters. The van der Waals surface area contributed by atoms with Crippen LogP contribution in [0.15, 0.2) is 18.2 Å². The first-order valence-electron chi connectivity index (χ1n) is 7.63. The first-order chi connectivity index (χ1) is 10.6. The van der Waals surface area contributed by atoms with Crippen molar-refractivity contribution in [3.63, 3.8) is 0 Å². The molecule has 1 aliphatic heterocycles. The zero-order chi connectivity index (χ0) is 16.0. The topological polar surface area (TPSA) is 48.0 Å². The molecular formula is C17H23NO4. The summed E-state index contributed by atoms with van der Waals surface area (Å²) in [5.74, 6) is -0.481. The minimum absolute atomic E-state index is 0.0332. The Labute approximate surface area is 131 Å². The standard InChI is InChI=1S/C17H23NO4/c1-18-11-6-5-10-16(18)15(19)14-12(17(16,21-3)22-4)8-7-9-13(14)20-2/h7-9H,5-6,10-11H2,1-4H3. The Morgan fingerprint density at radius 2 is 1.86 bits per heavy atom. The van der Waals surface area contributed by atoms with Crippen LogP contribution in [-0.2, 0) is 15.3 Å². The second-order valence-electron chi connectivity index (χ2n) is 5.98. The van der Waals surface area contributed by atoms with E-state index >= 15 is 0 Å². The third-order valence-electron chi connectivity index (χ3n) is 5.26. The second-order valence-corrected chi connectivity index (χ2v) is 5.98. The second kappa shape index (κ2) is 5.33. The lowest BCUT2D eigenvalue weighted by molar-refractivity contribution is -0.273. The van der Waals surface area contributed by atoms with Gasteiger partial charge in [0.25, 0.3) is 0 Å². The van der Waals surface area contributed by atoms with E-state index in [0.717, 1.165) is 24.9 Å². The molecular weight excluding hydrogens is 282 g/mol. The van der Waals surface area contributed by atoms with Crippen molar-refractivity contribution in [2.75, 3.05) is 34.9 Å². The van der Waals surface area contributed by atoms with Crippen LogP contribution in [0.4, 0.5) is 0 Å². The van der Waals surface area contributed by atoms with Crippen molar-refractivity contribution in [1.29, 1.82) is 0 Å². The SMILES string of the molecule is COc1cccc2c1C(=O)C1(CCCCN1C)C2(OC)OC. The smallest absolute Gasteiger partial charge is 0.222 e. The normalized spacial score (nSPS) is 27.2. The Balaban J connectivity index is 2.31. The summed E-state index contributed by atoms with van der Waals surface area (Å²) in [6, 6.07) is 5.59. The molecule has 1 spiro atoms. The number of carbonyl (C=O) groups excluding carboxylic acids is 1. The number of likely N-dealkylation sites (N-methyl/N-ethyl adjacent to an activating group) is 1. The summed E-state index contributed by atoms with van der Waals surface area (Å²) in [6.45, 7) is 0.844. The van der Waals surface area contributed by atoms with Crippen LogP contribution in [0.25, 0.3) is 0 Å². The van der Waals surface area contributed by atoms with E-state index in [0.29, 0.717) is 17.7 Å². The van der Waals surface area contributed by atoms with Crippen LogP contribution in [-0.4, -0.2) is 51.1 Å². The van der Waals surface area contributed by atoms with Gasteiger partial charge in [-0.15, -0.1) is 0 Å². The third-order valence-corrected chi connectivity index (χ3v) is 5.26. The number of methoxy groups -OCH3 is 3. The molecule has 1 aromatic rings. The number of rotatable bonds is 3. The summed E-state index contributed by atoms with van der Waals surface area (Å²) >= 11 is 0. The number of nitrogens with zero attached hydrogens (tertiary/aromatic N) is 1. The Bertz CT molecular complexity index is 596. The molecule has 0 radical (unpaired) electrons. The lowest BCUT2D eigenvalue weighted by Gasteiger charge is -2.50. The first-order valence-corrected chi connectivity index (χ1v) is 7.63. The Morgan fingerprint density at radius 1 is 1.14 bits per heavy atom.